The van der Waals surface area contributed by atoms with Crippen molar-refractivity contribution in [3.8, 4) is 0 Å². The molecule has 110 valence electrons. The molecular weight excluding hydrogens is 248 g/mol. The van der Waals surface area contributed by atoms with Crippen LogP contribution in [0.5, 0.6) is 0 Å². The van der Waals surface area contributed by atoms with Crippen LogP contribution in [0.3, 0.4) is 0 Å². The normalized spacial score (nSPS) is 24.5. The van der Waals surface area contributed by atoms with Gasteiger partial charge in [-0.25, -0.2) is 0 Å². The van der Waals surface area contributed by atoms with Crippen LogP contribution in [0.4, 0.5) is 0 Å². The van der Waals surface area contributed by atoms with Gasteiger partial charge in [0.05, 0.1) is 11.5 Å². The minimum Gasteiger partial charge on any atom is -0.481 e. The van der Waals surface area contributed by atoms with Crippen molar-refractivity contribution >= 4 is 11.9 Å². The second-order valence-corrected chi connectivity index (χ2v) is 5.19. The summed E-state index contributed by atoms with van der Waals surface area (Å²) in [6.45, 7) is 3.18. The third kappa shape index (κ3) is 3.67. The fourth-order valence-corrected chi connectivity index (χ4v) is 2.48. The molecule has 1 amide bonds. The van der Waals surface area contributed by atoms with Gasteiger partial charge < -0.3 is 20.5 Å². The Hall–Kier alpha value is -1.14. The topological polar surface area (TPSA) is 92.9 Å². The highest BCUT2D eigenvalue weighted by atomic mass is 16.5. The summed E-state index contributed by atoms with van der Waals surface area (Å²) in [7, 11) is 1.61. The highest BCUT2D eigenvalue weighted by Gasteiger charge is 2.45. The van der Waals surface area contributed by atoms with E-state index in [2.05, 4.69) is 0 Å². The van der Waals surface area contributed by atoms with E-state index in [1.54, 1.807) is 12.0 Å². The van der Waals surface area contributed by atoms with E-state index in [9.17, 15) is 14.7 Å². The quantitative estimate of drug-likeness (QED) is 0.657. The molecule has 1 heterocycles. The lowest BCUT2D eigenvalue weighted by atomic mass is 9.84. The van der Waals surface area contributed by atoms with Crippen LogP contribution < -0.4 is 5.73 Å². The summed E-state index contributed by atoms with van der Waals surface area (Å²) in [6, 6.07) is -0.559. The standard InChI is InChI=1S/C13H24N2O4/c1-3-13(12(17)18)6-7-15(9-13)11(16)10(14)5-4-8-19-2/h10H,3-9,14H2,1-2H3,(H,17,18). The fraction of sp³-hybridized carbons (Fsp3) is 0.846. The van der Waals surface area contributed by atoms with Crippen LogP contribution in [0.25, 0.3) is 0 Å². The molecule has 0 aliphatic carbocycles. The van der Waals surface area contributed by atoms with E-state index in [0.717, 1.165) is 6.42 Å². The second kappa shape index (κ2) is 6.86. The number of amides is 1. The highest BCUT2D eigenvalue weighted by molar-refractivity contribution is 5.84. The Labute approximate surface area is 113 Å². The summed E-state index contributed by atoms with van der Waals surface area (Å²) in [4.78, 5) is 25.0. The summed E-state index contributed by atoms with van der Waals surface area (Å²) in [5, 5.41) is 9.29. The number of methoxy groups -OCH3 is 1. The number of carbonyl (C=O) groups excluding carboxylic acids is 1. The second-order valence-electron chi connectivity index (χ2n) is 5.19. The molecular formula is C13H24N2O4. The molecule has 0 bridgehead atoms. The molecule has 0 aromatic rings. The maximum absolute atomic E-state index is 12.1. The van der Waals surface area contributed by atoms with E-state index in [0.29, 0.717) is 32.4 Å². The van der Waals surface area contributed by atoms with Gasteiger partial charge in [-0.3, -0.25) is 9.59 Å². The molecule has 1 aliphatic heterocycles. The number of carboxylic acids is 1. The Morgan fingerprint density at radius 1 is 1.53 bits per heavy atom. The van der Waals surface area contributed by atoms with E-state index in [1.165, 1.54) is 0 Å². The third-order valence-electron chi connectivity index (χ3n) is 3.98. The third-order valence-corrected chi connectivity index (χ3v) is 3.98. The number of nitrogens with two attached hydrogens (primary N) is 1. The smallest absolute Gasteiger partial charge is 0.311 e. The van der Waals surface area contributed by atoms with E-state index in [4.69, 9.17) is 10.5 Å². The Balaban J connectivity index is 2.53. The van der Waals surface area contributed by atoms with Crippen LogP contribution in [0, 0.1) is 5.41 Å². The van der Waals surface area contributed by atoms with Gasteiger partial charge in [0.2, 0.25) is 5.91 Å². The number of ether oxygens (including phenoxy) is 1. The van der Waals surface area contributed by atoms with E-state index in [-0.39, 0.29) is 12.5 Å². The Kier molecular flexibility index (Phi) is 5.75. The molecule has 0 aromatic heterocycles. The summed E-state index contributed by atoms with van der Waals surface area (Å²) >= 11 is 0. The monoisotopic (exact) mass is 272 g/mol. The Morgan fingerprint density at radius 2 is 2.21 bits per heavy atom. The molecule has 1 aliphatic rings. The molecule has 6 heteroatoms. The number of likely N-dealkylation sites (tertiary alicyclic amines) is 1. The summed E-state index contributed by atoms with van der Waals surface area (Å²) < 4.78 is 4.92. The van der Waals surface area contributed by atoms with Gasteiger partial charge in [-0.1, -0.05) is 6.92 Å². The van der Waals surface area contributed by atoms with Crippen LogP contribution in [-0.4, -0.2) is 54.7 Å². The van der Waals surface area contributed by atoms with Gasteiger partial charge >= 0.3 is 5.97 Å². The lowest BCUT2D eigenvalue weighted by Gasteiger charge is -2.24. The van der Waals surface area contributed by atoms with Crippen molar-refractivity contribution in [2.45, 2.75) is 38.6 Å². The molecule has 3 N–H and O–H groups in total. The molecule has 0 aromatic carbocycles. The number of hydrogen-bond acceptors (Lipinski definition) is 4. The predicted octanol–water partition coefficient (Wildman–Crippen LogP) is 0.454. The van der Waals surface area contributed by atoms with Crippen molar-refractivity contribution in [2.75, 3.05) is 26.8 Å². The van der Waals surface area contributed by atoms with Crippen molar-refractivity contribution in [1.82, 2.24) is 4.90 Å². The van der Waals surface area contributed by atoms with Crippen LogP contribution >= 0.6 is 0 Å². The van der Waals surface area contributed by atoms with Crippen LogP contribution in [0.1, 0.15) is 32.6 Å². The molecule has 6 nitrogen and oxygen atoms in total. The molecule has 2 unspecified atom stereocenters. The van der Waals surface area contributed by atoms with Crippen molar-refractivity contribution < 1.29 is 19.4 Å². The first-order valence-electron chi connectivity index (χ1n) is 6.73. The molecule has 1 saturated heterocycles. The maximum Gasteiger partial charge on any atom is 0.311 e. The molecule has 1 fully saturated rings. The van der Waals surface area contributed by atoms with Crippen LogP contribution in [-0.2, 0) is 14.3 Å². The van der Waals surface area contributed by atoms with Gasteiger partial charge in [-0.05, 0) is 25.7 Å². The van der Waals surface area contributed by atoms with Gasteiger partial charge in [0.15, 0.2) is 0 Å². The zero-order valence-corrected chi connectivity index (χ0v) is 11.7. The van der Waals surface area contributed by atoms with Crippen molar-refractivity contribution in [3.63, 3.8) is 0 Å². The van der Waals surface area contributed by atoms with Crippen LogP contribution in [0.15, 0.2) is 0 Å². The fourth-order valence-electron chi connectivity index (χ4n) is 2.48. The number of nitrogens with zero attached hydrogens (tertiary/aromatic N) is 1. The molecule has 19 heavy (non-hydrogen) atoms. The van der Waals surface area contributed by atoms with Crippen molar-refractivity contribution in [1.29, 1.82) is 0 Å². The first kappa shape index (κ1) is 15.9. The molecule has 2 atom stereocenters. The average molecular weight is 272 g/mol. The van der Waals surface area contributed by atoms with Gasteiger partial charge in [-0.15, -0.1) is 0 Å². The molecule has 0 saturated carbocycles. The predicted molar refractivity (Wildman–Crippen MR) is 70.6 cm³/mol. The number of carbonyl (C=O) groups is 2. The Bertz CT molecular complexity index is 335. The molecule has 0 spiro atoms. The van der Waals surface area contributed by atoms with Gasteiger partial charge in [0.1, 0.15) is 0 Å². The zero-order valence-electron chi connectivity index (χ0n) is 11.7. The summed E-state index contributed by atoms with van der Waals surface area (Å²) in [5.41, 5.74) is 5.06. The van der Waals surface area contributed by atoms with Gasteiger partial charge in [0.25, 0.3) is 0 Å². The van der Waals surface area contributed by atoms with Gasteiger partial charge in [-0.2, -0.15) is 0 Å². The largest absolute Gasteiger partial charge is 0.481 e. The molecule has 1 rings (SSSR count). The number of carboxylic acid groups (broad SMARTS) is 1. The molecule has 0 radical (unpaired) electrons. The van der Waals surface area contributed by atoms with Crippen molar-refractivity contribution in [3.05, 3.63) is 0 Å². The lowest BCUT2D eigenvalue weighted by Crippen LogP contribution is -2.44. The van der Waals surface area contributed by atoms with Gasteiger partial charge in [0, 0.05) is 26.8 Å². The number of hydrogen-bond donors (Lipinski definition) is 2. The summed E-state index contributed by atoms with van der Waals surface area (Å²) in [6.07, 6.45) is 2.34. The van der Waals surface area contributed by atoms with E-state index >= 15 is 0 Å². The highest BCUT2D eigenvalue weighted by Crippen LogP contribution is 2.34. The van der Waals surface area contributed by atoms with E-state index in [1.807, 2.05) is 6.92 Å². The minimum atomic E-state index is -0.821. The number of rotatable bonds is 7. The van der Waals surface area contributed by atoms with Crippen molar-refractivity contribution in [2.24, 2.45) is 11.1 Å². The first-order valence-corrected chi connectivity index (χ1v) is 6.73. The minimum absolute atomic E-state index is 0.146. The number of aliphatic carboxylic acids is 1. The SMILES string of the molecule is CCC1(C(=O)O)CCN(C(=O)C(N)CCCOC)C1. The lowest BCUT2D eigenvalue weighted by molar-refractivity contribution is -0.148. The Morgan fingerprint density at radius 3 is 2.68 bits per heavy atom. The van der Waals surface area contributed by atoms with E-state index < -0.39 is 17.4 Å². The zero-order chi connectivity index (χ0) is 14.5. The maximum atomic E-state index is 12.1. The first-order chi connectivity index (χ1) is 8.96. The summed E-state index contributed by atoms with van der Waals surface area (Å²) in [5.74, 6) is -0.967. The average Bonchev–Trinajstić information content (AvgIpc) is 2.83. The van der Waals surface area contributed by atoms with Crippen LogP contribution in [0.2, 0.25) is 0 Å².